The maximum absolute atomic E-state index is 12.5. The Labute approximate surface area is 107 Å². The normalized spacial score (nSPS) is 30.1. The maximum atomic E-state index is 12.5. The smallest absolute Gasteiger partial charge is 0.243 e. The predicted octanol–water partition coefficient (Wildman–Crippen LogP) is 0.794. The van der Waals surface area contributed by atoms with Gasteiger partial charge in [0.2, 0.25) is 11.8 Å². The van der Waals surface area contributed by atoms with Crippen molar-refractivity contribution in [2.75, 3.05) is 13.1 Å². The van der Waals surface area contributed by atoms with Gasteiger partial charge in [0.15, 0.2) is 0 Å². The average Bonchev–Trinajstić information content (AvgIpc) is 2.96. The van der Waals surface area contributed by atoms with Crippen LogP contribution in [-0.2, 0) is 9.59 Å². The minimum atomic E-state index is -0.844. The largest absolute Gasteiger partial charge is 0.369 e. The molecule has 98 valence electrons. The molecule has 1 saturated carbocycles. The van der Waals surface area contributed by atoms with Crippen LogP contribution in [0.3, 0.4) is 0 Å². The lowest BCUT2D eigenvalue weighted by molar-refractivity contribution is -0.138. The summed E-state index contributed by atoms with van der Waals surface area (Å²) < 4.78 is 0. The van der Waals surface area contributed by atoms with Gasteiger partial charge in [-0.05, 0) is 26.2 Å². The molecule has 1 heterocycles. The summed E-state index contributed by atoms with van der Waals surface area (Å²) in [4.78, 5) is 25.5. The second-order valence-corrected chi connectivity index (χ2v) is 5.80. The Kier molecular flexibility index (Phi) is 3.05. The molecule has 0 radical (unpaired) electrons. The standard InChI is InChI=1S/C13H19N3O2/c1-12(10(15)17)6-7-16(9-12)11(18)13(8-14)4-2-3-5-13/h2-7,9H2,1H3,(H2,15,17). The molecule has 0 bridgehead atoms. The second-order valence-electron chi connectivity index (χ2n) is 5.80. The molecule has 1 aliphatic carbocycles. The molecule has 2 rings (SSSR count). The molecule has 1 aliphatic heterocycles. The molecule has 5 nitrogen and oxygen atoms in total. The lowest BCUT2D eigenvalue weighted by Crippen LogP contribution is -2.43. The summed E-state index contributed by atoms with van der Waals surface area (Å²) in [5.41, 5.74) is 3.89. The lowest BCUT2D eigenvalue weighted by Gasteiger charge is -2.27. The first-order chi connectivity index (χ1) is 8.43. The van der Waals surface area contributed by atoms with Crippen LogP contribution in [0.1, 0.15) is 39.0 Å². The number of likely N-dealkylation sites (tertiary alicyclic amines) is 1. The fourth-order valence-electron chi connectivity index (χ4n) is 2.99. The molecular weight excluding hydrogens is 230 g/mol. The Hall–Kier alpha value is -1.57. The van der Waals surface area contributed by atoms with Crippen molar-refractivity contribution < 1.29 is 9.59 Å². The first-order valence-corrected chi connectivity index (χ1v) is 6.44. The number of hydrogen-bond acceptors (Lipinski definition) is 3. The van der Waals surface area contributed by atoms with E-state index in [1.165, 1.54) is 0 Å². The van der Waals surface area contributed by atoms with Crippen molar-refractivity contribution >= 4 is 11.8 Å². The number of amides is 2. The molecule has 2 fully saturated rings. The van der Waals surface area contributed by atoms with E-state index in [1.54, 1.807) is 11.8 Å². The molecular formula is C13H19N3O2. The predicted molar refractivity (Wildman–Crippen MR) is 65.0 cm³/mol. The molecule has 5 heteroatoms. The summed E-state index contributed by atoms with van der Waals surface area (Å²) in [7, 11) is 0. The van der Waals surface area contributed by atoms with E-state index in [0.29, 0.717) is 32.4 Å². The summed E-state index contributed by atoms with van der Waals surface area (Å²) in [6.07, 6.45) is 3.74. The molecule has 0 spiro atoms. The zero-order valence-electron chi connectivity index (χ0n) is 10.7. The van der Waals surface area contributed by atoms with Crippen molar-refractivity contribution in [2.24, 2.45) is 16.6 Å². The van der Waals surface area contributed by atoms with Crippen LogP contribution in [0.15, 0.2) is 0 Å². The quantitative estimate of drug-likeness (QED) is 0.785. The molecule has 1 unspecified atom stereocenters. The van der Waals surface area contributed by atoms with E-state index >= 15 is 0 Å². The Morgan fingerprint density at radius 1 is 1.28 bits per heavy atom. The van der Waals surface area contributed by atoms with Gasteiger partial charge in [0.25, 0.3) is 0 Å². The van der Waals surface area contributed by atoms with Gasteiger partial charge < -0.3 is 10.6 Å². The second kappa shape index (κ2) is 4.27. The maximum Gasteiger partial charge on any atom is 0.243 e. The molecule has 1 saturated heterocycles. The fraction of sp³-hybridized carbons (Fsp3) is 0.769. The van der Waals surface area contributed by atoms with E-state index < -0.39 is 10.8 Å². The van der Waals surface area contributed by atoms with Gasteiger partial charge in [0, 0.05) is 13.1 Å². The highest BCUT2D eigenvalue weighted by atomic mass is 16.2. The zero-order valence-corrected chi connectivity index (χ0v) is 10.7. The Morgan fingerprint density at radius 3 is 2.33 bits per heavy atom. The molecule has 2 amide bonds. The Balaban J connectivity index is 2.13. The van der Waals surface area contributed by atoms with E-state index in [0.717, 1.165) is 12.8 Å². The number of nitriles is 1. The monoisotopic (exact) mass is 249 g/mol. The van der Waals surface area contributed by atoms with Crippen LogP contribution >= 0.6 is 0 Å². The van der Waals surface area contributed by atoms with Crippen LogP contribution in [-0.4, -0.2) is 29.8 Å². The third-order valence-electron chi connectivity index (χ3n) is 4.44. The zero-order chi connectivity index (χ0) is 13.4. The van der Waals surface area contributed by atoms with E-state index in [9.17, 15) is 14.9 Å². The number of carbonyl (C=O) groups is 2. The summed E-state index contributed by atoms with van der Waals surface area (Å²) in [5.74, 6) is -0.470. The fourth-order valence-corrected chi connectivity index (χ4v) is 2.99. The van der Waals surface area contributed by atoms with Crippen LogP contribution in [0.2, 0.25) is 0 Å². The minimum absolute atomic E-state index is 0.104. The molecule has 1 atom stereocenters. The first-order valence-electron chi connectivity index (χ1n) is 6.44. The highest BCUT2D eigenvalue weighted by molar-refractivity contribution is 5.88. The number of nitrogens with two attached hydrogens (primary N) is 1. The lowest BCUT2D eigenvalue weighted by atomic mass is 9.86. The van der Waals surface area contributed by atoms with Gasteiger partial charge in [-0.1, -0.05) is 12.8 Å². The molecule has 0 aromatic rings. The number of carbonyl (C=O) groups excluding carboxylic acids is 2. The summed E-state index contributed by atoms with van der Waals surface area (Å²) >= 11 is 0. The number of nitrogens with zero attached hydrogens (tertiary/aromatic N) is 2. The van der Waals surface area contributed by atoms with E-state index in [1.807, 2.05) is 0 Å². The number of primary amides is 1. The number of rotatable bonds is 2. The van der Waals surface area contributed by atoms with Crippen molar-refractivity contribution in [1.29, 1.82) is 5.26 Å². The van der Waals surface area contributed by atoms with Crippen LogP contribution < -0.4 is 5.73 Å². The van der Waals surface area contributed by atoms with Crippen molar-refractivity contribution in [3.05, 3.63) is 0 Å². The van der Waals surface area contributed by atoms with Crippen LogP contribution in [0.4, 0.5) is 0 Å². The Bertz CT molecular complexity index is 420. The van der Waals surface area contributed by atoms with E-state index in [4.69, 9.17) is 5.73 Å². The van der Waals surface area contributed by atoms with Gasteiger partial charge in [-0.15, -0.1) is 0 Å². The van der Waals surface area contributed by atoms with Crippen LogP contribution in [0, 0.1) is 22.2 Å². The average molecular weight is 249 g/mol. The number of hydrogen-bond donors (Lipinski definition) is 1. The van der Waals surface area contributed by atoms with Crippen molar-refractivity contribution in [3.8, 4) is 6.07 Å². The third kappa shape index (κ3) is 1.86. The molecule has 0 aromatic heterocycles. The van der Waals surface area contributed by atoms with E-state index in [2.05, 4.69) is 6.07 Å². The van der Waals surface area contributed by atoms with Gasteiger partial charge in [-0.3, -0.25) is 9.59 Å². The molecule has 0 aromatic carbocycles. The van der Waals surface area contributed by atoms with Crippen LogP contribution in [0.5, 0.6) is 0 Å². The summed E-state index contributed by atoms with van der Waals surface area (Å²) in [6, 6.07) is 2.20. The van der Waals surface area contributed by atoms with Gasteiger partial charge in [0.05, 0.1) is 11.5 Å². The van der Waals surface area contributed by atoms with Crippen LogP contribution in [0.25, 0.3) is 0 Å². The highest BCUT2D eigenvalue weighted by Gasteiger charge is 2.48. The van der Waals surface area contributed by atoms with Crippen molar-refractivity contribution in [1.82, 2.24) is 4.90 Å². The molecule has 2 aliphatic rings. The first kappa shape index (κ1) is 12.9. The highest BCUT2D eigenvalue weighted by Crippen LogP contribution is 2.41. The summed E-state index contributed by atoms with van der Waals surface area (Å²) in [5, 5.41) is 9.30. The topological polar surface area (TPSA) is 87.2 Å². The molecule has 2 N–H and O–H groups in total. The van der Waals surface area contributed by atoms with Crippen molar-refractivity contribution in [2.45, 2.75) is 39.0 Å². The van der Waals surface area contributed by atoms with Gasteiger partial charge in [-0.2, -0.15) is 5.26 Å². The molecule has 18 heavy (non-hydrogen) atoms. The van der Waals surface area contributed by atoms with Gasteiger partial charge in [-0.25, -0.2) is 0 Å². The van der Waals surface area contributed by atoms with E-state index in [-0.39, 0.29) is 11.8 Å². The minimum Gasteiger partial charge on any atom is -0.369 e. The SMILES string of the molecule is CC1(C(N)=O)CCN(C(=O)C2(C#N)CCCC2)C1. The van der Waals surface area contributed by atoms with Gasteiger partial charge >= 0.3 is 0 Å². The van der Waals surface area contributed by atoms with Gasteiger partial charge in [0.1, 0.15) is 5.41 Å². The third-order valence-corrected chi connectivity index (χ3v) is 4.44. The Morgan fingerprint density at radius 2 is 1.89 bits per heavy atom. The summed E-state index contributed by atoms with van der Waals surface area (Å²) in [6.45, 7) is 2.67. The van der Waals surface area contributed by atoms with Crippen molar-refractivity contribution in [3.63, 3.8) is 0 Å².